The van der Waals surface area contributed by atoms with Crippen LogP contribution in [0.4, 0.5) is 0 Å². The van der Waals surface area contributed by atoms with Crippen LogP contribution in [-0.4, -0.2) is 26.2 Å². The molecular formula is C14H21NO3. The van der Waals surface area contributed by atoms with Crippen molar-refractivity contribution in [3.05, 3.63) is 23.8 Å². The Labute approximate surface area is 108 Å². The fourth-order valence-corrected chi connectivity index (χ4v) is 1.66. The summed E-state index contributed by atoms with van der Waals surface area (Å²) in [6, 6.07) is 5.84. The van der Waals surface area contributed by atoms with Gasteiger partial charge in [-0.1, -0.05) is 0 Å². The molecule has 0 aromatic heterocycles. The van der Waals surface area contributed by atoms with Crippen molar-refractivity contribution in [1.82, 2.24) is 5.32 Å². The molecule has 0 atom stereocenters. The summed E-state index contributed by atoms with van der Waals surface area (Å²) in [5.41, 5.74) is 1.03. The second-order valence-electron chi connectivity index (χ2n) is 4.44. The van der Waals surface area contributed by atoms with E-state index in [2.05, 4.69) is 5.32 Å². The summed E-state index contributed by atoms with van der Waals surface area (Å²) in [5, 5.41) is 2.87. The number of carbonyl (C=O) groups excluding carboxylic acids is 1. The molecule has 0 saturated heterocycles. The molecule has 18 heavy (non-hydrogen) atoms. The Morgan fingerprint density at radius 2 is 1.72 bits per heavy atom. The third-order valence-corrected chi connectivity index (χ3v) is 2.50. The number of benzene rings is 1. The number of carbonyl (C=O) groups is 1. The summed E-state index contributed by atoms with van der Waals surface area (Å²) in [7, 11) is 3.23. The molecule has 0 radical (unpaired) electrons. The van der Waals surface area contributed by atoms with Gasteiger partial charge in [0.15, 0.2) is 0 Å². The van der Waals surface area contributed by atoms with E-state index in [1.807, 2.05) is 32.0 Å². The Hall–Kier alpha value is -1.71. The molecule has 0 spiro atoms. The maximum absolute atomic E-state index is 11.6. The van der Waals surface area contributed by atoms with E-state index in [9.17, 15) is 4.79 Å². The first-order valence-corrected chi connectivity index (χ1v) is 6.06. The molecule has 100 valence electrons. The van der Waals surface area contributed by atoms with Gasteiger partial charge in [-0.25, -0.2) is 0 Å². The lowest BCUT2D eigenvalue weighted by molar-refractivity contribution is -0.121. The molecule has 1 amide bonds. The highest BCUT2D eigenvalue weighted by Gasteiger charge is 2.06. The maximum Gasteiger partial charge on any atom is 0.220 e. The molecule has 4 heteroatoms. The predicted molar refractivity (Wildman–Crippen MR) is 71.1 cm³/mol. The fourth-order valence-electron chi connectivity index (χ4n) is 1.66. The first kappa shape index (κ1) is 14.4. The van der Waals surface area contributed by atoms with Gasteiger partial charge in [-0.15, -0.1) is 0 Å². The number of nitrogens with one attached hydrogen (secondary N) is 1. The highest BCUT2D eigenvalue weighted by molar-refractivity contribution is 5.76. The summed E-state index contributed by atoms with van der Waals surface area (Å²) >= 11 is 0. The number of amides is 1. The van der Waals surface area contributed by atoms with Crippen LogP contribution in [0.5, 0.6) is 11.5 Å². The number of hydrogen-bond donors (Lipinski definition) is 1. The first-order valence-electron chi connectivity index (χ1n) is 6.06. The van der Waals surface area contributed by atoms with Crippen molar-refractivity contribution >= 4 is 5.91 Å². The predicted octanol–water partition coefficient (Wildman–Crippen LogP) is 2.16. The van der Waals surface area contributed by atoms with Gasteiger partial charge in [-0.2, -0.15) is 0 Å². The van der Waals surface area contributed by atoms with Crippen molar-refractivity contribution in [2.24, 2.45) is 0 Å². The third-order valence-electron chi connectivity index (χ3n) is 2.50. The summed E-state index contributed by atoms with van der Waals surface area (Å²) < 4.78 is 10.4. The SMILES string of the molecule is COc1cc(CCC(=O)NC(C)C)cc(OC)c1. The minimum atomic E-state index is 0.0618. The van der Waals surface area contributed by atoms with Crippen LogP contribution in [0.1, 0.15) is 25.8 Å². The Morgan fingerprint density at radius 3 is 2.17 bits per heavy atom. The van der Waals surface area contributed by atoms with Gasteiger partial charge < -0.3 is 14.8 Å². The molecule has 1 aromatic carbocycles. The van der Waals surface area contributed by atoms with E-state index < -0.39 is 0 Å². The summed E-state index contributed by atoms with van der Waals surface area (Å²) in [4.78, 5) is 11.6. The molecule has 0 aliphatic carbocycles. The van der Waals surface area contributed by atoms with Crippen molar-refractivity contribution in [2.45, 2.75) is 32.7 Å². The van der Waals surface area contributed by atoms with E-state index in [1.165, 1.54) is 0 Å². The quantitative estimate of drug-likeness (QED) is 0.842. The number of rotatable bonds is 6. The van der Waals surface area contributed by atoms with Gasteiger partial charge in [0.2, 0.25) is 5.91 Å². The van der Waals surface area contributed by atoms with Crippen molar-refractivity contribution < 1.29 is 14.3 Å². The Morgan fingerprint density at radius 1 is 1.17 bits per heavy atom. The summed E-state index contributed by atoms with van der Waals surface area (Å²) in [5.74, 6) is 1.55. The molecule has 0 fully saturated rings. The molecule has 4 nitrogen and oxygen atoms in total. The zero-order valence-corrected chi connectivity index (χ0v) is 11.4. The zero-order chi connectivity index (χ0) is 13.5. The van der Waals surface area contributed by atoms with Crippen LogP contribution in [0, 0.1) is 0 Å². The molecule has 1 N–H and O–H groups in total. The summed E-state index contributed by atoms with van der Waals surface area (Å²) in [6.45, 7) is 3.90. The van der Waals surface area contributed by atoms with E-state index >= 15 is 0 Å². The second-order valence-corrected chi connectivity index (χ2v) is 4.44. The van der Waals surface area contributed by atoms with E-state index in [1.54, 1.807) is 14.2 Å². The van der Waals surface area contributed by atoms with Gasteiger partial charge in [0, 0.05) is 18.5 Å². The lowest BCUT2D eigenvalue weighted by atomic mass is 10.1. The molecule has 1 rings (SSSR count). The Bertz CT molecular complexity index is 380. The van der Waals surface area contributed by atoms with E-state index in [0.29, 0.717) is 12.8 Å². The molecule has 0 aliphatic rings. The van der Waals surface area contributed by atoms with E-state index in [0.717, 1.165) is 17.1 Å². The monoisotopic (exact) mass is 251 g/mol. The highest BCUT2D eigenvalue weighted by atomic mass is 16.5. The van der Waals surface area contributed by atoms with Crippen LogP contribution < -0.4 is 14.8 Å². The van der Waals surface area contributed by atoms with Crippen molar-refractivity contribution in [2.75, 3.05) is 14.2 Å². The minimum absolute atomic E-state index is 0.0618. The van der Waals surface area contributed by atoms with Crippen LogP contribution in [0.25, 0.3) is 0 Å². The van der Waals surface area contributed by atoms with Crippen molar-refractivity contribution in [1.29, 1.82) is 0 Å². The Kier molecular flexibility index (Phi) is 5.49. The van der Waals surface area contributed by atoms with Gasteiger partial charge in [-0.05, 0) is 38.0 Å². The average Bonchev–Trinajstić information content (AvgIpc) is 2.35. The summed E-state index contributed by atoms with van der Waals surface area (Å²) in [6.07, 6.45) is 1.14. The zero-order valence-electron chi connectivity index (χ0n) is 11.4. The number of methoxy groups -OCH3 is 2. The minimum Gasteiger partial charge on any atom is -0.497 e. The standard InChI is InChI=1S/C14H21NO3/c1-10(2)15-14(16)6-5-11-7-12(17-3)9-13(8-11)18-4/h7-10H,5-6H2,1-4H3,(H,15,16). The molecule has 0 aliphatic heterocycles. The molecular weight excluding hydrogens is 230 g/mol. The fraction of sp³-hybridized carbons (Fsp3) is 0.500. The molecule has 1 aromatic rings. The average molecular weight is 251 g/mol. The molecule has 0 unspecified atom stereocenters. The molecule has 0 bridgehead atoms. The van der Waals surface area contributed by atoms with Crippen molar-refractivity contribution in [3.63, 3.8) is 0 Å². The molecule has 0 heterocycles. The van der Waals surface area contributed by atoms with Gasteiger partial charge >= 0.3 is 0 Å². The van der Waals surface area contributed by atoms with E-state index in [-0.39, 0.29) is 11.9 Å². The van der Waals surface area contributed by atoms with Crippen LogP contribution >= 0.6 is 0 Å². The van der Waals surface area contributed by atoms with Gasteiger partial charge in [-0.3, -0.25) is 4.79 Å². The first-order chi connectivity index (χ1) is 8.55. The van der Waals surface area contributed by atoms with Crippen LogP contribution in [-0.2, 0) is 11.2 Å². The lowest BCUT2D eigenvalue weighted by Crippen LogP contribution is -2.30. The smallest absolute Gasteiger partial charge is 0.220 e. The normalized spacial score (nSPS) is 10.3. The van der Waals surface area contributed by atoms with Gasteiger partial charge in [0.25, 0.3) is 0 Å². The maximum atomic E-state index is 11.6. The lowest BCUT2D eigenvalue weighted by Gasteiger charge is -2.10. The second kappa shape index (κ2) is 6.89. The van der Waals surface area contributed by atoms with Gasteiger partial charge in [0.05, 0.1) is 14.2 Å². The Balaban J connectivity index is 2.63. The third kappa shape index (κ3) is 4.65. The van der Waals surface area contributed by atoms with Crippen LogP contribution in [0.2, 0.25) is 0 Å². The van der Waals surface area contributed by atoms with Crippen LogP contribution in [0.3, 0.4) is 0 Å². The largest absolute Gasteiger partial charge is 0.497 e. The van der Waals surface area contributed by atoms with Crippen molar-refractivity contribution in [3.8, 4) is 11.5 Å². The molecule has 0 saturated carbocycles. The highest BCUT2D eigenvalue weighted by Crippen LogP contribution is 2.23. The number of aryl methyl sites for hydroxylation is 1. The number of hydrogen-bond acceptors (Lipinski definition) is 3. The topological polar surface area (TPSA) is 47.6 Å². The van der Waals surface area contributed by atoms with E-state index in [4.69, 9.17) is 9.47 Å². The number of ether oxygens (including phenoxy) is 2. The van der Waals surface area contributed by atoms with Crippen LogP contribution in [0.15, 0.2) is 18.2 Å². The van der Waals surface area contributed by atoms with Gasteiger partial charge in [0.1, 0.15) is 11.5 Å².